The first kappa shape index (κ1) is 31.9. The third kappa shape index (κ3) is 7.66. The van der Waals surface area contributed by atoms with E-state index in [4.69, 9.17) is 0 Å². The van der Waals surface area contributed by atoms with Crippen molar-refractivity contribution in [2.24, 2.45) is 0 Å². The highest BCUT2D eigenvalue weighted by molar-refractivity contribution is 5.67. The first-order chi connectivity index (χ1) is 20.7. The zero-order valence-electron chi connectivity index (χ0n) is 21.9. The number of hydrogen-bond acceptors (Lipinski definition) is 4. The van der Waals surface area contributed by atoms with Crippen molar-refractivity contribution in [1.29, 1.82) is 0 Å². The lowest BCUT2D eigenvalue weighted by molar-refractivity contribution is -0.276. The molecule has 0 aliphatic rings. The summed E-state index contributed by atoms with van der Waals surface area (Å²) in [6.07, 6.45) is -3.75. The van der Waals surface area contributed by atoms with Gasteiger partial charge in [0, 0.05) is 30.1 Å². The van der Waals surface area contributed by atoms with Crippen molar-refractivity contribution in [2.75, 3.05) is 0 Å². The Balaban J connectivity index is 1.54. The summed E-state index contributed by atoms with van der Waals surface area (Å²) in [5.41, 5.74) is -2.62. The Morgan fingerprint density at radius 3 is 1.91 bits per heavy atom. The predicted molar refractivity (Wildman–Crippen MR) is 136 cm³/mol. The number of ether oxygens (including phenoxy) is 2. The van der Waals surface area contributed by atoms with Crippen LogP contribution in [0.4, 0.5) is 43.9 Å². The smallest absolute Gasteiger partial charge is 0.429 e. The molecule has 0 saturated heterocycles. The van der Waals surface area contributed by atoms with Crippen LogP contribution in [0.2, 0.25) is 0 Å². The summed E-state index contributed by atoms with van der Waals surface area (Å²) in [6, 6.07) is 3.04. The van der Waals surface area contributed by atoms with Crippen molar-refractivity contribution in [3.05, 3.63) is 119 Å². The summed E-state index contributed by atoms with van der Waals surface area (Å²) in [5.74, 6) is -6.59. The van der Waals surface area contributed by atoms with Gasteiger partial charge in [0.2, 0.25) is 11.6 Å². The Labute approximate surface area is 242 Å². The van der Waals surface area contributed by atoms with Crippen LogP contribution in [-0.4, -0.2) is 16.3 Å². The summed E-state index contributed by atoms with van der Waals surface area (Å²) in [4.78, 5) is 8.08. The van der Waals surface area contributed by atoms with Crippen LogP contribution >= 0.6 is 0 Å². The van der Waals surface area contributed by atoms with Gasteiger partial charge < -0.3 is 9.47 Å². The molecule has 1 aromatic heterocycles. The van der Waals surface area contributed by atoms with Crippen molar-refractivity contribution < 1.29 is 53.4 Å². The summed E-state index contributed by atoms with van der Waals surface area (Å²) in [5, 5.41) is 0. The van der Waals surface area contributed by atoms with Crippen LogP contribution in [-0.2, 0) is 12.5 Å². The Bertz CT molecular complexity index is 1710. The number of hydrogen-bond donors (Lipinski definition) is 0. The van der Waals surface area contributed by atoms with Crippen LogP contribution in [0.15, 0.2) is 67.5 Å². The molecule has 4 aromatic rings. The van der Waals surface area contributed by atoms with E-state index in [1.165, 1.54) is 0 Å². The Morgan fingerprint density at radius 1 is 0.750 bits per heavy atom. The van der Waals surface area contributed by atoms with Crippen LogP contribution in [0.5, 0.6) is 11.5 Å². The molecule has 44 heavy (non-hydrogen) atoms. The molecule has 1 heterocycles. The van der Waals surface area contributed by atoms with Gasteiger partial charge in [-0.3, -0.25) is 0 Å². The van der Waals surface area contributed by atoms with Crippen molar-refractivity contribution in [1.82, 2.24) is 9.97 Å². The van der Waals surface area contributed by atoms with Gasteiger partial charge in [0.1, 0.15) is 28.8 Å². The third-order valence-electron chi connectivity index (χ3n) is 5.71. The number of alkyl halides is 5. The molecule has 0 saturated carbocycles. The summed E-state index contributed by atoms with van der Waals surface area (Å²) in [6.45, 7) is 3.61. The maximum absolute atomic E-state index is 14.8. The van der Waals surface area contributed by atoms with E-state index in [2.05, 4.69) is 37.9 Å². The van der Waals surface area contributed by atoms with Crippen LogP contribution < -0.4 is 9.47 Å². The van der Waals surface area contributed by atoms with Crippen molar-refractivity contribution in [2.45, 2.75) is 25.3 Å². The molecule has 228 valence electrons. The van der Waals surface area contributed by atoms with E-state index in [-0.39, 0.29) is 35.7 Å². The van der Waals surface area contributed by atoms with E-state index in [1.807, 2.05) is 0 Å². The minimum atomic E-state index is -5.47. The molecule has 14 heteroatoms. The van der Waals surface area contributed by atoms with E-state index in [0.717, 1.165) is 11.6 Å². The molecule has 0 unspecified atom stereocenters. The molecular formula is C30H16F10N2O2. The molecular weight excluding hydrogens is 610 g/mol. The minimum Gasteiger partial charge on any atom is -0.429 e. The highest BCUT2D eigenvalue weighted by atomic mass is 19.4. The largest absolute Gasteiger partial charge is 0.573 e. The van der Waals surface area contributed by atoms with Gasteiger partial charge in [-0.25, -0.2) is 31.9 Å². The predicted octanol–water partition coefficient (Wildman–Crippen LogP) is 8.38. The fraction of sp³-hybridized carbons (Fsp3) is 0.133. The van der Waals surface area contributed by atoms with Crippen molar-refractivity contribution >= 4 is 0 Å². The molecule has 4 nitrogen and oxygen atoms in total. The zero-order valence-corrected chi connectivity index (χ0v) is 21.9. The average Bonchev–Trinajstić information content (AvgIpc) is 2.92. The van der Waals surface area contributed by atoms with Gasteiger partial charge >= 0.3 is 12.5 Å². The fourth-order valence-corrected chi connectivity index (χ4v) is 3.78. The number of benzene rings is 3. The third-order valence-corrected chi connectivity index (χ3v) is 5.71. The average molecular weight is 626 g/mol. The number of rotatable bonds is 8. The first-order valence-electron chi connectivity index (χ1n) is 12.2. The standard InChI is InChI=1S/C30H16F10N2O2/c1-2-3-4-17-14-41-26(42-15-17)8-6-16-5-7-20(21(31)9-16)29(36,37)43-19-12-22(32)27(23(33)13-19)18-10-24(34)28(25(35)11-18)44-30(38,39)40/h2,5,7,9-15H,1,3-4H2. The Kier molecular flexibility index (Phi) is 9.17. The highest BCUT2D eigenvalue weighted by Gasteiger charge is 2.38. The molecule has 0 aliphatic heterocycles. The molecule has 0 spiro atoms. The van der Waals surface area contributed by atoms with E-state index in [0.29, 0.717) is 25.0 Å². The normalized spacial score (nSPS) is 11.5. The van der Waals surface area contributed by atoms with E-state index in [9.17, 15) is 43.9 Å². The lowest BCUT2D eigenvalue weighted by Crippen LogP contribution is -2.23. The lowest BCUT2D eigenvalue weighted by Gasteiger charge is -2.20. The zero-order chi connectivity index (χ0) is 32.2. The van der Waals surface area contributed by atoms with Gasteiger partial charge in [0.25, 0.3) is 0 Å². The Morgan fingerprint density at radius 2 is 1.36 bits per heavy atom. The quantitative estimate of drug-likeness (QED) is 0.112. The van der Waals surface area contributed by atoms with Gasteiger partial charge in [-0.2, -0.15) is 8.78 Å². The monoisotopic (exact) mass is 626 g/mol. The molecule has 3 aromatic carbocycles. The second kappa shape index (κ2) is 12.7. The van der Waals surface area contributed by atoms with Gasteiger partial charge in [0.05, 0.1) is 5.56 Å². The molecule has 0 N–H and O–H groups in total. The van der Waals surface area contributed by atoms with Crippen molar-refractivity contribution in [3.63, 3.8) is 0 Å². The van der Waals surface area contributed by atoms with E-state index < -0.39 is 69.7 Å². The second-order valence-electron chi connectivity index (χ2n) is 8.88. The minimum absolute atomic E-state index is 0.0334. The second-order valence-corrected chi connectivity index (χ2v) is 8.88. The molecule has 4 rings (SSSR count). The van der Waals surface area contributed by atoms with E-state index >= 15 is 0 Å². The molecule has 0 atom stereocenters. The van der Waals surface area contributed by atoms with Crippen LogP contribution in [0.25, 0.3) is 11.1 Å². The number of nitrogens with zero attached hydrogens (tertiary/aromatic N) is 2. The van der Waals surface area contributed by atoms with Gasteiger partial charge in [-0.1, -0.05) is 12.0 Å². The number of halogens is 10. The maximum Gasteiger partial charge on any atom is 0.573 e. The molecule has 0 radical (unpaired) electrons. The van der Waals surface area contributed by atoms with Gasteiger partial charge in [-0.05, 0) is 60.2 Å². The topological polar surface area (TPSA) is 44.2 Å². The first-order valence-corrected chi connectivity index (χ1v) is 12.2. The van der Waals surface area contributed by atoms with Crippen LogP contribution in [0.1, 0.15) is 28.9 Å². The number of allylic oxidation sites excluding steroid dienone is 1. The lowest BCUT2D eigenvalue weighted by atomic mass is 10.0. The van der Waals surface area contributed by atoms with E-state index in [1.54, 1.807) is 18.5 Å². The molecule has 0 aliphatic carbocycles. The fourth-order valence-electron chi connectivity index (χ4n) is 3.78. The maximum atomic E-state index is 14.8. The SMILES string of the molecule is C=CCCc1cnc(C#Cc2ccc(C(F)(F)Oc3cc(F)c(-c4cc(F)c(OC(F)(F)F)c(F)c4)c(F)c3)c(F)c2)nc1. The summed E-state index contributed by atoms with van der Waals surface area (Å²) in [7, 11) is 0. The summed E-state index contributed by atoms with van der Waals surface area (Å²) < 4.78 is 146. The number of aryl methyl sites for hydroxylation is 1. The summed E-state index contributed by atoms with van der Waals surface area (Å²) >= 11 is 0. The highest BCUT2D eigenvalue weighted by Crippen LogP contribution is 2.38. The molecule has 0 bridgehead atoms. The van der Waals surface area contributed by atoms with Gasteiger partial charge in [0.15, 0.2) is 11.6 Å². The molecule has 0 fully saturated rings. The van der Waals surface area contributed by atoms with Crippen LogP contribution in [0.3, 0.4) is 0 Å². The Hall–Kier alpha value is -5.06. The van der Waals surface area contributed by atoms with Gasteiger partial charge in [-0.15, -0.1) is 19.8 Å². The number of aromatic nitrogens is 2. The molecule has 0 amide bonds. The van der Waals surface area contributed by atoms with Crippen molar-refractivity contribution in [3.8, 4) is 34.5 Å². The van der Waals surface area contributed by atoms with Crippen LogP contribution in [0, 0.1) is 40.9 Å².